The van der Waals surface area contributed by atoms with Crippen LogP contribution in [0.1, 0.15) is 13.3 Å². The first-order valence-corrected chi connectivity index (χ1v) is 8.61. The Hall–Kier alpha value is -2.32. The van der Waals surface area contributed by atoms with E-state index in [0.29, 0.717) is 11.4 Å². The van der Waals surface area contributed by atoms with E-state index in [0.717, 1.165) is 16.5 Å². The number of nitrogens with one attached hydrogen (secondary N) is 1. The van der Waals surface area contributed by atoms with E-state index in [2.05, 4.69) is 5.32 Å². The standard InChI is InChI=1S/C18H18N2O2S/c1-2-23-11-10-17(21)15(12-19)18(22)20-16-9-5-7-13-6-3-4-8-14(13)16/h3-9,15H,2,10-11H2,1H3,(H,20,22). The van der Waals surface area contributed by atoms with Gasteiger partial charge >= 0.3 is 0 Å². The highest BCUT2D eigenvalue weighted by atomic mass is 32.2. The molecule has 0 heterocycles. The second-order valence-corrected chi connectivity index (χ2v) is 6.39. The van der Waals surface area contributed by atoms with Crippen LogP contribution >= 0.6 is 11.8 Å². The fraction of sp³-hybridized carbons (Fsp3) is 0.278. The van der Waals surface area contributed by atoms with E-state index >= 15 is 0 Å². The van der Waals surface area contributed by atoms with Crippen molar-refractivity contribution in [3.8, 4) is 6.07 Å². The quantitative estimate of drug-likeness (QED) is 0.623. The molecule has 0 spiro atoms. The highest BCUT2D eigenvalue weighted by Crippen LogP contribution is 2.23. The Labute approximate surface area is 139 Å². The summed E-state index contributed by atoms with van der Waals surface area (Å²) in [7, 11) is 0. The van der Waals surface area contributed by atoms with Crippen LogP contribution in [0.5, 0.6) is 0 Å². The van der Waals surface area contributed by atoms with E-state index in [1.54, 1.807) is 17.8 Å². The lowest BCUT2D eigenvalue weighted by Gasteiger charge is -2.11. The first kappa shape index (κ1) is 17.0. The second-order valence-electron chi connectivity index (χ2n) is 4.99. The maximum Gasteiger partial charge on any atom is 0.249 e. The maximum atomic E-state index is 12.3. The molecule has 4 nitrogen and oxygen atoms in total. The smallest absolute Gasteiger partial charge is 0.249 e. The lowest BCUT2D eigenvalue weighted by Crippen LogP contribution is -2.29. The Kier molecular flexibility index (Phi) is 6.19. The molecule has 0 aliphatic heterocycles. The lowest BCUT2D eigenvalue weighted by molar-refractivity contribution is -0.128. The Morgan fingerprint density at radius 1 is 1.22 bits per heavy atom. The Bertz CT molecular complexity index is 747. The van der Waals surface area contributed by atoms with Gasteiger partial charge < -0.3 is 5.32 Å². The van der Waals surface area contributed by atoms with Crippen molar-refractivity contribution in [1.29, 1.82) is 5.26 Å². The van der Waals surface area contributed by atoms with Gasteiger partial charge in [-0.3, -0.25) is 9.59 Å². The van der Waals surface area contributed by atoms with E-state index in [-0.39, 0.29) is 12.2 Å². The van der Waals surface area contributed by atoms with Crippen molar-refractivity contribution in [2.75, 3.05) is 16.8 Å². The molecule has 2 rings (SSSR count). The van der Waals surface area contributed by atoms with E-state index in [4.69, 9.17) is 0 Å². The molecule has 23 heavy (non-hydrogen) atoms. The number of nitrogens with zero attached hydrogens (tertiary/aromatic N) is 1. The average Bonchev–Trinajstić information content (AvgIpc) is 2.56. The third-order valence-corrected chi connectivity index (χ3v) is 4.36. The monoisotopic (exact) mass is 326 g/mol. The van der Waals surface area contributed by atoms with Crippen molar-refractivity contribution in [1.82, 2.24) is 0 Å². The molecular weight excluding hydrogens is 308 g/mol. The summed E-state index contributed by atoms with van der Waals surface area (Å²) >= 11 is 1.62. The van der Waals surface area contributed by atoms with E-state index in [9.17, 15) is 14.9 Å². The van der Waals surface area contributed by atoms with Crippen LogP contribution in [0.4, 0.5) is 5.69 Å². The zero-order valence-electron chi connectivity index (χ0n) is 12.9. The highest BCUT2D eigenvalue weighted by Gasteiger charge is 2.26. The normalized spacial score (nSPS) is 11.7. The van der Waals surface area contributed by atoms with Gasteiger partial charge in [0.25, 0.3) is 0 Å². The van der Waals surface area contributed by atoms with Crippen molar-refractivity contribution in [2.24, 2.45) is 5.92 Å². The van der Waals surface area contributed by atoms with E-state index < -0.39 is 11.8 Å². The van der Waals surface area contributed by atoms with Crippen LogP contribution in [0.25, 0.3) is 10.8 Å². The van der Waals surface area contributed by atoms with Crippen LogP contribution in [-0.2, 0) is 9.59 Å². The van der Waals surface area contributed by atoms with Gasteiger partial charge in [0.05, 0.1) is 6.07 Å². The van der Waals surface area contributed by atoms with Crippen molar-refractivity contribution < 1.29 is 9.59 Å². The van der Waals surface area contributed by atoms with E-state index in [1.807, 2.05) is 49.4 Å². The third kappa shape index (κ3) is 4.33. The van der Waals surface area contributed by atoms with Crippen molar-refractivity contribution in [3.05, 3.63) is 42.5 Å². The molecule has 118 valence electrons. The van der Waals surface area contributed by atoms with Gasteiger partial charge in [-0.05, 0) is 17.2 Å². The molecule has 0 fully saturated rings. The molecule has 0 radical (unpaired) electrons. The zero-order valence-corrected chi connectivity index (χ0v) is 13.7. The molecule has 2 aromatic rings. The molecule has 1 atom stereocenters. The summed E-state index contributed by atoms with van der Waals surface area (Å²) in [6.07, 6.45) is 0.236. The molecule has 0 aliphatic rings. The summed E-state index contributed by atoms with van der Waals surface area (Å²) in [5.74, 6) is -0.602. The number of fused-ring (bicyclic) bond motifs is 1. The van der Waals surface area contributed by atoms with Crippen molar-refractivity contribution in [3.63, 3.8) is 0 Å². The van der Waals surface area contributed by atoms with Gasteiger partial charge in [-0.2, -0.15) is 17.0 Å². The second kappa shape index (κ2) is 8.35. The molecule has 2 aromatic carbocycles. The Morgan fingerprint density at radius 3 is 2.70 bits per heavy atom. The van der Waals surface area contributed by atoms with E-state index in [1.165, 1.54) is 0 Å². The number of hydrogen-bond donors (Lipinski definition) is 1. The van der Waals surface area contributed by atoms with Gasteiger partial charge in [-0.15, -0.1) is 0 Å². The fourth-order valence-corrected chi connectivity index (χ4v) is 2.91. The van der Waals surface area contributed by atoms with Gasteiger partial charge in [0.15, 0.2) is 11.7 Å². The largest absolute Gasteiger partial charge is 0.324 e. The molecule has 1 amide bonds. The topological polar surface area (TPSA) is 70.0 Å². The number of ketones is 1. The van der Waals surface area contributed by atoms with Crippen LogP contribution in [0.2, 0.25) is 0 Å². The van der Waals surface area contributed by atoms with Gasteiger partial charge in [-0.1, -0.05) is 43.3 Å². The molecule has 5 heteroatoms. The predicted octanol–water partition coefficient (Wildman–Crippen LogP) is 3.63. The minimum absolute atomic E-state index is 0.236. The van der Waals surface area contributed by atoms with Gasteiger partial charge in [-0.25, -0.2) is 0 Å². The number of carbonyl (C=O) groups is 2. The Balaban J connectivity index is 2.13. The van der Waals surface area contributed by atoms with Crippen LogP contribution < -0.4 is 5.32 Å². The van der Waals surface area contributed by atoms with Crippen LogP contribution in [-0.4, -0.2) is 23.2 Å². The SMILES string of the molecule is CCSCCC(=O)C(C#N)C(=O)Nc1cccc2ccccc12. The van der Waals surface area contributed by atoms with Crippen LogP contribution in [0, 0.1) is 17.2 Å². The lowest BCUT2D eigenvalue weighted by atomic mass is 10.0. The molecule has 0 bridgehead atoms. The molecular formula is C18H18N2O2S. The van der Waals surface area contributed by atoms with Crippen LogP contribution in [0.15, 0.2) is 42.5 Å². The fourth-order valence-electron chi connectivity index (χ4n) is 2.28. The number of amides is 1. The predicted molar refractivity (Wildman–Crippen MR) is 94.3 cm³/mol. The van der Waals surface area contributed by atoms with Crippen molar-refractivity contribution in [2.45, 2.75) is 13.3 Å². The number of hydrogen-bond acceptors (Lipinski definition) is 4. The maximum absolute atomic E-state index is 12.3. The summed E-state index contributed by atoms with van der Waals surface area (Å²) < 4.78 is 0. The highest BCUT2D eigenvalue weighted by molar-refractivity contribution is 7.99. The number of Topliss-reactive ketones (excluding diaryl/α,β-unsaturated/α-hetero) is 1. The first-order valence-electron chi connectivity index (χ1n) is 7.46. The molecule has 1 N–H and O–H groups in total. The van der Waals surface area contributed by atoms with Crippen molar-refractivity contribution >= 4 is 39.9 Å². The first-order chi connectivity index (χ1) is 11.2. The minimum atomic E-state index is -1.26. The van der Waals surface area contributed by atoms with Gasteiger partial charge in [0, 0.05) is 23.2 Å². The minimum Gasteiger partial charge on any atom is -0.324 e. The molecule has 0 aromatic heterocycles. The summed E-state index contributed by atoms with van der Waals surface area (Å²) in [6.45, 7) is 2.00. The van der Waals surface area contributed by atoms with Gasteiger partial charge in [0.1, 0.15) is 0 Å². The Morgan fingerprint density at radius 2 is 1.96 bits per heavy atom. The summed E-state index contributed by atoms with van der Waals surface area (Å²) in [4.78, 5) is 24.3. The zero-order chi connectivity index (χ0) is 16.7. The third-order valence-electron chi connectivity index (χ3n) is 3.46. The van der Waals surface area contributed by atoms with Crippen LogP contribution in [0.3, 0.4) is 0 Å². The summed E-state index contributed by atoms with van der Waals surface area (Å²) in [5.41, 5.74) is 0.615. The average molecular weight is 326 g/mol. The molecule has 0 aliphatic carbocycles. The number of nitriles is 1. The molecule has 0 saturated carbocycles. The molecule has 1 unspecified atom stereocenters. The summed E-state index contributed by atoms with van der Waals surface area (Å²) in [5, 5.41) is 13.8. The number of thioether (sulfide) groups is 1. The summed E-state index contributed by atoms with van der Waals surface area (Å²) in [6, 6.07) is 15.0. The number of benzene rings is 2. The number of anilines is 1. The van der Waals surface area contributed by atoms with Gasteiger partial charge in [0.2, 0.25) is 5.91 Å². The number of carbonyl (C=O) groups excluding carboxylic acids is 2. The molecule has 0 saturated heterocycles. The number of rotatable bonds is 7.